The van der Waals surface area contributed by atoms with Gasteiger partial charge >= 0.3 is 5.97 Å². The summed E-state index contributed by atoms with van der Waals surface area (Å²) >= 11 is 1.18. The highest BCUT2D eigenvalue weighted by molar-refractivity contribution is 7.20. The van der Waals surface area contributed by atoms with Gasteiger partial charge in [0.2, 0.25) is 0 Å². The molecular weight excluding hydrogens is 336 g/mol. The van der Waals surface area contributed by atoms with Crippen LogP contribution in [-0.2, 0) is 11.3 Å². The zero-order valence-corrected chi connectivity index (χ0v) is 14.9. The van der Waals surface area contributed by atoms with Crippen molar-refractivity contribution in [2.24, 2.45) is 0 Å². The van der Waals surface area contributed by atoms with Crippen molar-refractivity contribution in [3.05, 3.63) is 75.2 Å². The number of ether oxygens (including phenoxy) is 1. The van der Waals surface area contributed by atoms with Crippen molar-refractivity contribution in [3.63, 3.8) is 0 Å². The molecule has 0 radical (unpaired) electrons. The molecule has 0 fully saturated rings. The van der Waals surface area contributed by atoms with Gasteiger partial charge in [-0.05, 0) is 30.5 Å². The van der Waals surface area contributed by atoms with Gasteiger partial charge in [-0.3, -0.25) is 9.36 Å². The van der Waals surface area contributed by atoms with Crippen LogP contribution in [0, 0.1) is 13.8 Å². The normalized spacial score (nSPS) is 10.8. The van der Waals surface area contributed by atoms with E-state index < -0.39 is 5.97 Å². The van der Waals surface area contributed by atoms with Gasteiger partial charge in [0.05, 0.1) is 18.3 Å². The summed E-state index contributed by atoms with van der Waals surface area (Å²) in [6.45, 7) is 7.87. The minimum Gasteiger partial charge on any atom is -0.457 e. The molecule has 0 aliphatic carbocycles. The highest BCUT2D eigenvalue weighted by Gasteiger charge is 2.20. The fraction of sp³-hybridized carbons (Fsp3) is 0.211. The molecule has 0 aliphatic rings. The second kappa shape index (κ2) is 7.03. The Kier molecular flexibility index (Phi) is 4.81. The summed E-state index contributed by atoms with van der Waals surface area (Å²) in [6.07, 6.45) is 3.04. The van der Waals surface area contributed by atoms with Crippen LogP contribution in [0.2, 0.25) is 0 Å². The van der Waals surface area contributed by atoms with E-state index in [1.807, 2.05) is 31.2 Å². The molecule has 0 aliphatic heterocycles. The number of benzene rings is 1. The maximum absolute atomic E-state index is 12.9. The van der Waals surface area contributed by atoms with Crippen LogP contribution in [0.3, 0.4) is 0 Å². The van der Waals surface area contributed by atoms with Gasteiger partial charge in [-0.1, -0.05) is 36.9 Å². The van der Waals surface area contributed by atoms with Crippen LogP contribution < -0.4 is 5.56 Å². The lowest BCUT2D eigenvalue weighted by Gasteiger charge is -2.08. The Bertz CT molecular complexity index is 1020. The van der Waals surface area contributed by atoms with Gasteiger partial charge in [0.1, 0.15) is 16.3 Å². The maximum Gasteiger partial charge on any atom is 0.348 e. The van der Waals surface area contributed by atoms with E-state index >= 15 is 0 Å². The van der Waals surface area contributed by atoms with Crippen LogP contribution in [0.1, 0.15) is 26.4 Å². The Morgan fingerprint density at radius 1 is 1.36 bits per heavy atom. The van der Waals surface area contributed by atoms with Gasteiger partial charge in [-0.15, -0.1) is 11.3 Å². The topological polar surface area (TPSA) is 61.2 Å². The number of aryl methyl sites for hydroxylation is 2. The molecule has 0 spiro atoms. The standard InChI is InChI=1S/C19H18N2O3S/c1-4-9-24-19(23)16-13(3)15-17(25-16)20-11-21(18(15)22)10-14-8-6-5-7-12(14)2/h4-8,11H,1,9-10H2,2-3H3. The summed E-state index contributed by atoms with van der Waals surface area (Å²) in [6, 6.07) is 7.91. The molecule has 0 unspecified atom stereocenters. The molecule has 2 heterocycles. The number of aromatic nitrogens is 2. The molecule has 0 saturated heterocycles. The molecule has 3 rings (SSSR count). The second-order valence-electron chi connectivity index (χ2n) is 5.73. The lowest BCUT2D eigenvalue weighted by molar-refractivity contribution is 0.0555. The monoisotopic (exact) mass is 354 g/mol. The van der Waals surface area contributed by atoms with Crippen molar-refractivity contribution in [3.8, 4) is 0 Å². The lowest BCUT2D eigenvalue weighted by atomic mass is 10.1. The first-order valence-corrected chi connectivity index (χ1v) is 8.65. The molecule has 0 atom stereocenters. The Morgan fingerprint density at radius 2 is 2.12 bits per heavy atom. The van der Waals surface area contributed by atoms with Crippen LogP contribution in [0.5, 0.6) is 0 Å². The molecule has 0 bridgehead atoms. The highest BCUT2D eigenvalue weighted by Crippen LogP contribution is 2.27. The maximum atomic E-state index is 12.9. The third-order valence-electron chi connectivity index (χ3n) is 4.04. The minimum atomic E-state index is -0.453. The van der Waals surface area contributed by atoms with Crippen LogP contribution in [0.15, 0.2) is 48.0 Å². The quantitative estimate of drug-likeness (QED) is 0.520. The molecule has 3 aromatic rings. The van der Waals surface area contributed by atoms with E-state index in [2.05, 4.69) is 11.6 Å². The minimum absolute atomic E-state index is 0.136. The molecule has 2 aromatic heterocycles. The van der Waals surface area contributed by atoms with Crippen LogP contribution in [0.4, 0.5) is 0 Å². The van der Waals surface area contributed by atoms with Gasteiger partial charge in [0.15, 0.2) is 0 Å². The van der Waals surface area contributed by atoms with Crippen molar-refractivity contribution >= 4 is 27.5 Å². The van der Waals surface area contributed by atoms with Crippen molar-refractivity contribution in [2.45, 2.75) is 20.4 Å². The Labute approximate surface area is 149 Å². The first kappa shape index (κ1) is 17.1. The average Bonchev–Trinajstić information content (AvgIpc) is 2.94. The number of nitrogens with zero attached hydrogens (tertiary/aromatic N) is 2. The largest absolute Gasteiger partial charge is 0.457 e. The predicted molar refractivity (Wildman–Crippen MR) is 99.4 cm³/mol. The molecule has 1 aromatic carbocycles. The molecule has 0 saturated carbocycles. The number of carbonyl (C=O) groups excluding carboxylic acids is 1. The zero-order valence-electron chi connectivity index (χ0n) is 14.1. The number of thiophene rings is 1. The summed E-state index contributed by atoms with van der Waals surface area (Å²) in [4.78, 5) is 30.3. The first-order chi connectivity index (χ1) is 12.0. The van der Waals surface area contributed by atoms with E-state index in [4.69, 9.17) is 4.74 Å². The fourth-order valence-corrected chi connectivity index (χ4v) is 3.67. The SMILES string of the molecule is C=CCOC(=O)c1sc2ncn(Cc3ccccc3C)c(=O)c2c1C. The molecule has 6 heteroatoms. The van der Waals surface area contributed by atoms with Gasteiger partial charge in [-0.2, -0.15) is 0 Å². The molecule has 0 amide bonds. The Morgan fingerprint density at radius 3 is 2.84 bits per heavy atom. The lowest BCUT2D eigenvalue weighted by Crippen LogP contribution is -2.21. The van der Waals surface area contributed by atoms with Crippen molar-refractivity contribution in [1.29, 1.82) is 0 Å². The third-order valence-corrected chi connectivity index (χ3v) is 5.22. The Balaban J connectivity index is 2.04. The van der Waals surface area contributed by atoms with Crippen molar-refractivity contribution in [1.82, 2.24) is 9.55 Å². The molecular formula is C19H18N2O3S. The summed E-state index contributed by atoms with van der Waals surface area (Å²) in [5.41, 5.74) is 2.64. The van der Waals surface area contributed by atoms with Crippen LogP contribution in [0.25, 0.3) is 10.2 Å². The van der Waals surface area contributed by atoms with E-state index in [-0.39, 0.29) is 12.2 Å². The van der Waals surface area contributed by atoms with Gasteiger partial charge in [0, 0.05) is 0 Å². The number of esters is 1. The predicted octanol–water partition coefficient (Wildman–Crippen LogP) is 3.47. The third kappa shape index (κ3) is 3.25. The molecule has 128 valence electrons. The smallest absolute Gasteiger partial charge is 0.348 e. The number of rotatable bonds is 5. The highest BCUT2D eigenvalue weighted by atomic mass is 32.1. The number of hydrogen-bond donors (Lipinski definition) is 0. The summed E-state index contributed by atoms with van der Waals surface area (Å²) in [5.74, 6) is -0.453. The molecule has 0 N–H and O–H groups in total. The van der Waals surface area contributed by atoms with Crippen LogP contribution in [-0.4, -0.2) is 22.1 Å². The van der Waals surface area contributed by atoms with E-state index in [1.165, 1.54) is 23.7 Å². The van der Waals surface area contributed by atoms with E-state index in [0.29, 0.717) is 27.2 Å². The molecule has 25 heavy (non-hydrogen) atoms. The number of hydrogen-bond acceptors (Lipinski definition) is 5. The second-order valence-corrected chi connectivity index (χ2v) is 6.73. The summed E-state index contributed by atoms with van der Waals surface area (Å²) < 4.78 is 6.66. The fourth-order valence-electron chi connectivity index (χ4n) is 2.64. The van der Waals surface area contributed by atoms with Crippen molar-refractivity contribution < 1.29 is 9.53 Å². The number of fused-ring (bicyclic) bond motifs is 1. The van der Waals surface area contributed by atoms with Crippen LogP contribution >= 0.6 is 11.3 Å². The van der Waals surface area contributed by atoms with Crippen molar-refractivity contribution in [2.75, 3.05) is 6.61 Å². The molecule has 5 nitrogen and oxygen atoms in total. The Hall–Kier alpha value is -2.73. The summed E-state index contributed by atoms with van der Waals surface area (Å²) in [5, 5.41) is 0.478. The average molecular weight is 354 g/mol. The zero-order chi connectivity index (χ0) is 18.0. The van der Waals surface area contributed by atoms with E-state index in [0.717, 1.165) is 11.1 Å². The van der Waals surface area contributed by atoms with Gasteiger partial charge < -0.3 is 4.74 Å². The van der Waals surface area contributed by atoms with E-state index in [9.17, 15) is 9.59 Å². The van der Waals surface area contributed by atoms with Gasteiger partial charge in [-0.25, -0.2) is 9.78 Å². The van der Waals surface area contributed by atoms with E-state index in [1.54, 1.807) is 11.5 Å². The number of carbonyl (C=O) groups is 1. The summed E-state index contributed by atoms with van der Waals surface area (Å²) in [7, 11) is 0. The first-order valence-electron chi connectivity index (χ1n) is 7.84. The van der Waals surface area contributed by atoms with Gasteiger partial charge in [0.25, 0.3) is 5.56 Å².